The zero-order chi connectivity index (χ0) is 22.6. The average Bonchev–Trinajstić information content (AvgIpc) is 2.72. The molecule has 0 bridgehead atoms. The molecule has 0 radical (unpaired) electrons. The van der Waals surface area contributed by atoms with E-state index < -0.39 is 22.5 Å². The van der Waals surface area contributed by atoms with Crippen molar-refractivity contribution < 1.29 is 18.0 Å². The van der Waals surface area contributed by atoms with Crippen molar-refractivity contribution in [2.45, 2.75) is 26.2 Å². The number of amides is 2. The predicted octanol–water partition coefficient (Wildman–Crippen LogP) is 3.68. The number of likely N-dealkylation sites (tertiary alicyclic amines) is 1. The smallest absolute Gasteiger partial charge is 0.255 e. The number of rotatable bonds is 6. The molecule has 0 aromatic heterocycles. The van der Waals surface area contributed by atoms with Crippen LogP contribution in [0.4, 0.5) is 11.4 Å². The summed E-state index contributed by atoms with van der Waals surface area (Å²) in [6.45, 7) is 2.69. The summed E-state index contributed by atoms with van der Waals surface area (Å²) in [5, 5.41) is 3.19. The van der Waals surface area contributed by atoms with E-state index in [1.54, 1.807) is 54.3 Å². The molecule has 2 aromatic rings. The molecular weight excluding hydrogens is 438 g/mol. The number of sulfonamides is 1. The van der Waals surface area contributed by atoms with E-state index in [9.17, 15) is 18.0 Å². The molecule has 0 saturated carbocycles. The van der Waals surface area contributed by atoms with Crippen LogP contribution in [0, 0.1) is 6.92 Å². The summed E-state index contributed by atoms with van der Waals surface area (Å²) in [4.78, 5) is 27.5. The van der Waals surface area contributed by atoms with Crippen LogP contribution in [0.15, 0.2) is 42.5 Å². The van der Waals surface area contributed by atoms with Crippen molar-refractivity contribution in [1.29, 1.82) is 0 Å². The molecule has 1 N–H and O–H groups in total. The summed E-state index contributed by atoms with van der Waals surface area (Å²) < 4.78 is 25.8. The van der Waals surface area contributed by atoms with Gasteiger partial charge in [-0.2, -0.15) is 0 Å². The topological polar surface area (TPSA) is 86.8 Å². The molecule has 2 aromatic carbocycles. The average molecular weight is 464 g/mol. The second kappa shape index (κ2) is 9.70. The maximum Gasteiger partial charge on any atom is 0.255 e. The van der Waals surface area contributed by atoms with E-state index in [-0.39, 0.29) is 5.91 Å². The predicted molar refractivity (Wildman–Crippen MR) is 123 cm³/mol. The van der Waals surface area contributed by atoms with Gasteiger partial charge in [0.25, 0.3) is 5.91 Å². The zero-order valence-corrected chi connectivity index (χ0v) is 19.2. The molecule has 1 heterocycles. The van der Waals surface area contributed by atoms with Crippen molar-refractivity contribution in [1.82, 2.24) is 4.90 Å². The van der Waals surface area contributed by atoms with Crippen LogP contribution in [0.5, 0.6) is 0 Å². The van der Waals surface area contributed by atoms with E-state index in [0.717, 1.165) is 29.8 Å². The molecule has 1 aliphatic rings. The molecule has 1 aliphatic heterocycles. The Balaban J connectivity index is 1.81. The summed E-state index contributed by atoms with van der Waals surface area (Å²) in [6.07, 6.45) is 4.07. The Labute approximate surface area is 188 Å². The summed E-state index contributed by atoms with van der Waals surface area (Å²) in [7, 11) is -3.73. The van der Waals surface area contributed by atoms with Gasteiger partial charge in [0.05, 0.1) is 23.2 Å². The Kier molecular flexibility index (Phi) is 7.23. The van der Waals surface area contributed by atoms with E-state index in [1.165, 1.54) is 0 Å². The second-order valence-electron chi connectivity index (χ2n) is 7.65. The summed E-state index contributed by atoms with van der Waals surface area (Å²) >= 11 is 5.98. The van der Waals surface area contributed by atoms with Crippen molar-refractivity contribution in [3.8, 4) is 0 Å². The van der Waals surface area contributed by atoms with Gasteiger partial charge in [-0.05, 0) is 62.1 Å². The van der Waals surface area contributed by atoms with Crippen LogP contribution in [-0.4, -0.2) is 51.0 Å². The number of piperidine rings is 1. The van der Waals surface area contributed by atoms with Crippen molar-refractivity contribution in [2.24, 2.45) is 0 Å². The van der Waals surface area contributed by atoms with Crippen molar-refractivity contribution in [3.63, 3.8) is 0 Å². The second-order valence-corrected chi connectivity index (χ2v) is 9.99. The SMILES string of the molecule is Cc1cc(Cl)ccc1N(CC(=O)Nc1ccccc1C(=O)N1CCCCC1)S(C)(=O)=O. The van der Waals surface area contributed by atoms with Crippen LogP contribution >= 0.6 is 11.6 Å². The third-order valence-electron chi connectivity index (χ3n) is 5.19. The lowest BCUT2D eigenvalue weighted by Crippen LogP contribution is -2.39. The van der Waals surface area contributed by atoms with Gasteiger partial charge >= 0.3 is 0 Å². The highest BCUT2D eigenvalue weighted by Gasteiger charge is 2.25. The van der Waals surface area contributed by atoms with Crippen LogP contribution in [0.1, 0.15) is 35.2 Å². The number of nitrogens with one attached hydrogen (secondary N) is 1. The minimum absolute atomic E-state index is 0.135. The van der Waals surface area contributed by atoms with Gasteiger partial charge in [-0.15, -0.1) is 0 Å². The van der Waals surface area contributed by atoms with Crippen LogP contribution in [-0.2, 0) is 14.8 Å². The van der Waals surface area contributed by atoms with E-state index in [2.05, 4.69) is 5.32 Å². The number of hydrogen-bond acceptors (Lipinski definition) is 4. The summed E-state index contributed by atoms with van der Waals surface area (Å²) in [6, 6.07) is 11.6. The van der Waals surface area contributed by atoms with Gasteiger partial charge in [0, 0.05) is 18.1 Å². The van der Waals surface area contributed by atoms with Gasteiger partial charge in [-0.3, -0.25) is 13.9 Å². The number of halogens is 1. The van der Waals surface area contributed by atoms with E-state index in [0.29, 0.717) is 40.6 Å². The summed E-state index contributed by atoms with van der Waals surface area (Å²) in [5.41, 5.74) is 1.77. The normalized spacial score (nSPS) is 14.2. The monoisotopic (exact) mass is 463 g/mol. The number of para-hydroxylation sites is 1. The Morgan fingerprint density at radius 3 is 2.42 bits per heavy atom. The number of hydrogen-bond donors (Lipinski definition) is 1. The summed E-state index contributed by atoms with van der Waals surface area (Å²) in [5.74, 6) is -0.678. The molecular formula is C22H26ClN3O4S. The molecule has 1 saturated heterocycles. The maximum atomic E-state index is 12.9. The van der Waals surface area contributed by atoms with Gasteiger partial charge in [0.1, 0.15) is 6.54 Å². The van der Waals surface area contributed by atoms with E-state index in [4.69, 9.17) is 11.6 Å². The Morgan fingerprint density at radius 1 is 1.10 bits per heavy atom. The fourth-order valence-electron chi connectivity index (χ4n) is 3.65. The molecule has 0 atom stereocenters. The van der Waals surface area contributed by atoms with Gasteiger partial charge in [0.2, 0.25) is 15.9 Å². The first-order valence-electron chi connectivity index (χ1n) is 10.1. The number of carbonyl (C=O) groups excluding carboxylic acids is 2. The lowest BCUT2D eigenvalue weighted by molar-refractivity contribution is -0.114. The Morgan fingerprint density at radius 2 is 1.77 bits per heavy atom. The largest absolute Gasteiger partial charge is 0.339 e. The first-order valence-corrected chi connectivity index (χ1v) is 12.3. The lowest BCUT2D eigenvalue weighted by atomic mass is 10.1. The minimum atomic E-state index is -3.73. The fourth-order valence-corrected chi connectivity index (χ4v) is 4.79. The van der Waals surface area contributed by atoms with Crippen LogP contribution in [0.25, 0.3) is 0 Å². The highest BCUT2D eigenvalue weighted by atomic mass is 35.5. The Bertz CT molecular complexity index is 1080. The van der Waals surface area contributed by atoms with Crippen LogP contribution in [0.3, 0.4) is 0 Å². The molecule has 0 unspecified atom stereocenters. The van der Waals surface area contributed by atoms with Gasteiger partial charge in [0.15, 0.2) is 0 Å². The lowest BCUT2D eigenvalue weighted by Gasteiger charge is -2.28. The third-order valence-corrected chi connectivity index (χ3v) is 6.55. The van der Waals surface area contributed by atoms with Gasteiger partial charge < -0.3 is 10.2 Å². The van der Waals surface area contributed by atoms with Gasteiger partial charge in [-0.1, -0.05) is 23.7 Å². The van der Waals surface area contributed by atoms with E-state index >= 15 is 0 Å². The quantitative estimate of drug-likeness (QED) is 0.707. The molecule has 1 fully saturated rings. The molecule has 166 valence electrons. The first kappa shape index (κ1) is 23.1. The first-order chi connectivity index (χ1) is 14.7. The third kappa shape index (κ3) is 5.77. The Hall–Kier alpha value is -2.58. The van der Waals surface area contributed by atoms with E-state index in [1.807, 2.05) is 0 Å². The number of benzene rings is 2. The minimum Gasteiger partial charge on any atom is -0.339 e. The number of nitrogens with zero attached hydrogens (tertiary/aromatic N) is 2. The molecule has 7 nitrogen and oxygen atoms in total. The number of aryl methyl sites for hydroxylation is 1. The van der Waals surface area contributed by atoms with Crippen molar-refractivity contribution >= 4 is 44.8 Å². The number of carbonyl (C=O) groups is 2. The van der Waals surface area contributed by atoms with Crippen LogP contribution in [0.2, 0.25) is 5.02 Å². The van der Waals surface area contributed by atoms with Crippen molar-refractivity contribution in [3.05, 3.63) is 58.6 Å². The molecule has 0 spiro atoms. The highest BCUT2D eigenvalue weighted by molar-refractivity contribution is 7.92. The highest BCUT2D eigenvalue weighted by Crippen LogP contribution is 2.26. The molecule has 9 heteroatoms. The maximum absolute atomic E-state index is 12.9. The standard InChI is InChI=1S/C22H26ClN3O4S/c1-16-14-17(23)10-11-20(16)26(31(2,29)30)15-21(27)24-19-9-5-4-8-18(19)22(28)25-12-6-3-7-13-25/h4-5,8-11,14H,3,6-7,12-13,15H2,1-2H3,(H,24,27). The number of anilines is 2. The molecule has 31 heavy (non-hydrogen) atoms. The molecule has 2 amide bonds. The van der Waals surface area contributed by atoms with Crippen LogP contribution < -0.4 is 9.62 Å². The van der Waals surface area contributed by atoms with Crippen molar-refractivity contribution in [2.75, 3.05) is 35.5 Å². The van der Waals surface area contributed by atoms with Gasteiger partial charge in [-0.25, -0.2) is 8.42 Å². The molecule has 3 rings (SSSR count). The molecule has 0 aliphatic carbocycles. The fraction of sp³-hybridized carbons (Fsp3) is 0.364. The zero-order valence-electron chi connectivity index (χ0n) is 17.6.